The maximum absolute atomic E-state index is 13.0. The topological polar surface area (TPSA) is 194 Å². The Hall–Kier alpha value is -2.29. The Balaban J connectivity index is 0. The van der Waals surface area contributed by atoms with E-state index in [4.69, 9.17) is 43.2 Å². The molecule has 0 atom stereocenters. The molecule has 0 aliphatic heterocycles. The van der Waals surface area contributed by atoms with Crippen molar-refractivity contribution in [1.82, 2.24) is 0 Å². The standard InChI is InChI=1S/C19H34N2O6SSi2.C9H22O3SSi.C7H5N3O2.C3H9ClSi/c1-7-25-30(26-8-2,27-9-3)16-10-15-28-19(22)20(29(4,5)6)17-11-13-18(14-12-17)21(23)24;1-4-10-14(11-5-2,12-6-3)9-7-8-13;8-10-12-7-3-1-6(2-4-7)9-5-11;1-5(2,3)4/h11-14H,7-10,15-16H2,1-6H3;13H,4-9H2,1-3H3;1-4,8H;1-3H3. The zero-order valence-electron chi connectivity index (χ0n) is 38.1. The van der Waals surface area contributed by atoms with Crippen molar-refractivity contribution in [2.24, 2.45) is 10.3 Å². The van der Waals surface area contributed by atoms with E-state index in [0.717, 1.165) is 24.6 Å². The van der Waals surface area contributed by atoms with Crippen LogP contribution in [-0.2, 0) is 31.4 Å². The van der Waals surface area contributed by atoms with Gasteiger partial charge < -0.3 is 36.0 Å². The summed E-state index contributed by atoms with van der Waals surface area (Å²) in [6.07, 6.45) is 3.13. The molecule has 1 amide bonds. The van der Waals surface area contributed by atoms with Gasteiger partial charge in [0.1, 0.15) is 7.38 Å². The SMILES string of the molecule is CCO[Si](CCCS)(OCC)OCC.CCO[Si](CCCSC(=O)N(c1ccc([N+](=O)[O-])cc1)[Si](C)(C)C)(OCC)OCC.C[Si](C)(C)Cl.N=NOc1ccc(N=C=O)cc1. The van der Waals surface area contributed by atoms with Gasteiger partial charge in [0.15, 0.2) is 14.0 Å². The molecule has 0 bridgehead atoms. The molecule has 0 heterocycles. The molecular weight excluding hydrogens is 914 g/mol. The first-order chi connectivity index (χ1) is 28.7. The lowest BCUT2D eigenvalue weighted by molar-refractivity contribution is -0.384. The molecule has 348 valence electrons. The maximum Gasteiger partial charge on any atom is 0.500 e. The summed E-state index contributed by atoms with van der Waals surface area (Å²) in [5, 5.41) is 13.6. The van der Waals surface area contributed by atoms with Crippen molar-refractivity contribution in [2.75, 3.05) is 55.7 Å². The fourth-order valence-corrected chi connectivity index (χ4v) is 14.1. The number of non-ortho nitro benzene ring substituents is 1. The van der Waals surface area contributed by atoms with E-state index in [2.05, 4.69) is 67.0 Å². The number of amides is 1. The van der Waals surface area contributed by atoms with E-state index in [1.165, 1.54) is 30.0 Å². The minimum Gasteiger partial charge on any atom is -0.374 e. The highest BCUT2D eigenvalue weighted by Crippen LogP contribution is 2.29. The molecule has 0 saturated heterocycles. The van der Waals surface area contributed by atoms with Crippen LogP contribution in [0.3, 0.4) is 0 Å². The van der Waals surface area contributed by atoms with E-state index in [1.807, 2.05) is 41.5 Å². The number of carbonyl (C=O) groups is 1. The van der Waals surface area contributed by atoms with Crippen molar-refractivity contribution in [3.8, 4) is 5.75 Å². The predicted octanol–water partition coefficient (Wildman–Crippen LogP) is 11.9. The van der Waals surface area contributed by atoms with Crippen molar-refractivity contribution in [2.45, 2.75) is 106 Å². The van der Waals surface area contributed by atoms with Gasteiger partial charge in [-0.3, -0.25) is 14.9 Å². The van der Waals surface area contributed by atoms with E-state index in [-0.39, 0.29) is 10.9 Å². The second kappa shape index (κ2) is 34.2. The van der Waals surface area contributed by atoms with Gasteiger partial charge in [-0.25, -0.2) is 4.79 Å². The van der Waals surface area contributed by atoms with Crippen LogP contribution in [0, 0.1) is 15.6 Å². The number of nitrogens with one attached hydrogen (secondary N) is 1. The van der Waals surface area contributed by atoms with Crippen molar-refractivity contribution in [3.63, 3.8) is 0 Å². The molecule has 0 radical (unpaired) electrons. The molecule has 2 aromatic rings. The average Bonchev–Trinajstić information content (AvgIpc) is 3.17. The fourth-order valence-electron chi connectivity index (χ4n) is 4.99. The highest BCUT2D eigenvalue weighted by molar-refractivity contribution is 8.14. The fraction of sp³-hybridized carbons (Fsp3) is 0.632. The molecule has 16 nitrogen and oxygen atoms in total. The average molecular weight is 985 g/mol. The Bertz CT molecular complexity index is 1500. The van der Waals surface area contributed by atoms with Crippen LogP contribution in [0.25, 0.3) is 0 Å². The summed E-state index contributed by atoms with van der Waals surface area (Å²) in [4.78, 5) is 41.2. The quantitative estimate of drug-likeness (QED) is 0.0110. The molecule has 61 heavy (non-hydrogen) atoms. The van der Waals surface area contributed by atoms with Crippen LogP contribution in [0.1, 0.15) is 54.4 Å². The lowest BCUT2D eigenvalue weighted by atomic mass is 10.3. The van der Waals surface area contributed by atoms with Crippen LogP contribution in [0.2, 0.25) is 51.4 Å². The molecule has 0 spiro atoms. The molecule has 2 aromatic carbocycles. The Kier molecular flexibility index (Phi) is 34.0. The number of nitro benzene ring substituents is 1. The molecule has 0 unspecified atom stereocenters. The highest BCUT2D eigenvalue weighted by Gasteiger charge is 2.40. The lowest BCUT2D eigenvalue weighted by Gasteiger charge is -2.34. The summed E-state index contributed by atoms with van der Waals surface area (Å²) in [5.74, 6) is 1.89. The molecular formula is C38H70ClN5O11S2Si4. The Morgan fingerprint density at radius 1 is 0.787 bits per heavy atom. The Labute approximate surface area is 382 Å². The molecule has 0 aliphatic carbocycles. The lowest BCUT2D eigenvalue weighted by Crippen LogP contribution is -2.48. The number of hydrogen-bond acceptors (Lipinski definition) is 16. The van der Waals surface area contributed by atoms with Gasteiger partial charge in [0.25, 0.3) is 10.9 Å². The number of thiol groups is 1. The van der Waals surface area contributed by atoms with Crippen molar-refractivity contribution < 1.29 is 45.9 Å². The molecule has 0 saturated carbocycles. The van der Waals surface area contributed by atoms with E-state index in [0.29, 0.717) is 68.6 Å². The second-order valence-corrected chi connectivity index (χ2v) is 33.5. The van der Waals surface area contributed by atoms with Crippen LogP contribution < -0.4 is 9.40 Å². The number of hydrogen-bond donors (Lipinski definition) is 2. The number of nitrogens with zero attached hydrogens (tertiary/aromatic N) is 4. The molecule has 0 aliphatic rings. The van der Waals surface area contributed by atoms with Gasteiger partial charge >= 0.3 is 17.6 Å². The third kappa shape index (κ3) is 28.9. The first kappa shape index (κ1) is 60.8. The molecule has 0 aromatic heterocycles. The van der Waals surface area contributed by atoms with Crippen LogP contribution in [0.15, 0.2) is 58.8 Å². The smallest absolute Gasteiger partial charge is 0.374 e. The number of anilines is 1. The molecule has 23 heteroatoms. The van der Waals surface area contributed by atoms with Crippen LogP contribution in [0.4, 0.5) is 21.9 Å². The first-order valence-corrected chi connectivity index (χ1v) is 33.7. The number of nitro groups is 1. The molecule has 2 rings (SSSR count). The number of thioether (sulfide) groups is 1. The van der Waals surface area contributed by atoms with Crippen LogP contribution >= 0.6 is 35.5 Å². The van der Waals surface area contributed by atoms with Gasteiger partial charge in [0, 0.05) is 80.6 Å². The Morgan fingerprint density at radius 2 is 1.20 bits per heavy atom. The maximum atomic E-state index is 13.0. The number of carbonyl (C=O) groups excluding carboxylic acids is 2. The van der Waals surface area contributed by atoms with Gasteiger partial charge in [0.2, 0.25) is 6.08 Å². The van der Waals surface area contributed by atoms with Gasteiger partial charge in [0.05, 0.1) is 10.6 Å². The zero-order valence-corrected chi connectivity index (χ0v) is 44.6. The summed E-state index contributed by atoms with van der Waals surface area (Å²) in [6, 6.07) is 13.9. The number of isocyanates is 1. The summed E-state index contributed by atoms with van der Waals surface area (Å²) in [6.45, 7) is 27.7. The van der Waals surface area contributed by atoms with Crippen molar-refractivity contribution in [1.29, 1.82) is 5.53 Å². The normalized spacial score (nSPS) is 11.3. The van der Waals surface area contributed by atoms with Crippen molar-refractivity contribution >= 4 is 97.1 Å². The van der Waals surface area contributed by atoms with Crippen LogP contribution in [-0.4, -0.2) is 101 Å². The number of benzene rings is 2. The van der Waals surface area contributed by atoms with E-state index < -0.39 is 38.2 Å². The highest BCUT2D eigenvalue weighted by atomic mass is 35.6. The zero-order chi connectivity index (χ0) is 47.0. The van der Waals surface area contributed by atoms with Crippen LogP contribution in [0.5, 0.6) is 5.75 Å². The number of aliphatic imine (C=N–C) groups is 1. The third-order valence-electron chi connectivity index (χ3n) is 7.01. The van der Waals surface area contributed by atoms with Gasteiger partial charge in [-0.1, -0.05) is 51.0 Å². The van der Waals surface area contributed by atoms with Crippen molar-refractivity contribution in [3.05, 3.63) is 58.6 Å². The monoisotopic (exact) mass is 983 g/mol. The first-order valence-electron chi connectivity index (χ1n) is 20.3. The number of rotatable bonds is 25. The summed E-state index contributed by atoms with van der Waals surface area (Å²) >= 11 is 11.1. The molecule has 1 N–H and O–H groups in total. The van der Waals surface area contributed by atoms with E-state index >= 15 is 0 Å². The molecule has 0 fully saturated rings. The largest absolute Gasteiger partial charge is 0.500 e. The minimum absolute atomic E-state index is 0.0125. The van der Waals surface area contributed by atoms with E-state index in [9.17, 15) is 19.7 Å². The predicted molar refractivity (Wildman–Crippen MR) is 260 cm³/mol. The second-order valence-electron chi connectivity index (χ2n) is 14.2. The summed E-state index contributed by atoms with van der Waals surface area (Å²) in [5.41, 5.74) is 7.59. The Morgan fingerprint density at radius 3 is 1.52 bits per heavy atom. The van der Waals surface area contributed by atoms with E-state index in [1.54, 1.807) is 41.0 Å². The third-order valence-corrected chi connectivity index (χ3v) is 16.5. The van der Waals surface area contributed by atoms with Gasteiger partial charge in [-0.15, -0.1) is 0 Å². The minimum atomic E-state index is -2.71. The van der Waals surface area contributed by atoms with Gasteiger partial charge in [-0.2, -0.15) is 34.2 Å². The summed E-state index contributed by atoms with van der Waals surface area (Å²) in [7, 11) is -8.25. The summed E-state index contributed by atoms with van der Waals surface area (Å²) < 4.78 is 36.4. The van der Waals surface area contributed by atoms with Gasteiger partial charge in [-0.05, 0) is 96.5 Å². The number of halogens is 1.